The van der Waals surface area contributed by atoms with Gasteiger partial charge in [-0.05, 0) is 11.1 Å². The first-order valence-electron chi connectivity index (χ1n) is 7.07. The number of amides is 1. The molecule has 0 aliphatic heterocycles. The maximum atomic E-state index is 12.0. The Morgan fingerprint density at radius 2 is 1.80 bits per heavy atom. The highest BCUT2D eigenvalue weighted by Crippen LogP contribution is 2.16. The number of halogens is 3. The molecule has 6 nitrogen and oxygen atoms in total. The van der Waals surface area contributed by atoms with Crippen molar-refractivity contribution < 1.29 is 37.0 Å². The van der Waals surface area contributed by atoms with E-state index < -0.39 is 24.7 Å². The summed E-state index contributed by atoms with van der Waals surface area (Å²) in [5.74, 6) is -1.91. The SMILES string of the molecule is O=C(O)c1coc(C(=O)NCc2ccc(COCC(F)(F)F)cc2)c1. The van der Waals surface area contributed by atoms with Gasteiger partial charge in [-0.1, -0.05) is 24.3 Å². The van der Waals surface area contributed by atoms with Crippen LogP contribution < -0.4 is 5.32 Å². The summed E-state index contributed by atoms with van der Waals surface area (Å²) in [6.07, 6.45) is -3.40. The summed E-state index contributed by atoms with van der Waals surface area (Å²) in [7, 11) is 0. The first-order chi connectivity index (χ1) is 11.7. The minimum Gasteiger partial charge on any atom is -0.478 e. The minimum absolute atomic E-state index is 0.130. The van der Waals surface area contributed by atoms with E-state index in [0.29, 0.717) is 11.1 Å². The van der Waals surface area contributed by atoms with E-state index in [1.54, 1.807) is 24.3 Å². The normalized spacial score (nSPS) is 11.3. The van der Waals surface area contributed by atoms with Crippen molar-refractivity contribution in [1.29, 1.82) is 0 Å². The van der Waals surface area contributed by atoms with Crippen molar-refractivity contribution in [3.63, 3.8) is 0 Å². The Morgan fingerprint density at radius 1 is 1.16 bits per heavy atom. The van der Waals surface area contributed by atoms with E-state index >= 15 is 0 Å². The third kappa shape index (κ3) is 5.96. The van der Waals surface area contributed by atoms with Gasteiger partial charge in [-0.2, -0.15) is 13.2 Å². The maximum Gasteiger partial charge on any atom is 0.411 e. The zero-order valence-electron chi connectivity index (χ0n) is 12.8. The van der Waals surface area contributed by atoms with Crippen molar-refractivity contribution in [3.8, 4) is 0 Å². The van der Waals surface area contributed by atoms with E-state index in [9.17, 15) is 22.8 Å². The predicted octanol–water partition coefficient (Wildman–Crippen LogP) is 2.99. The summed E-state index contributed by atoms with van der Waals surface area (Å²) in [4.78, 5) is 22.5. The van der Waals surface area contributed by atoms with Gasteiger partial charge < -0.3 is 19.6 Å². The molecule has 0 spiro atoms. The molecule has 0 aliphatic rings. The number of rotatable bonds is 7. The third-order valence-electron chi connectivity index (χ3n) is 3.08. The van der Waals surface area contributed by atoms with Crippen LogP contribution in [0.15, 0.2) is 41.0 Å². The molecule has 9 heteroatoms. The molecule has 0 aliphatic carbocycles. The van der Waals surface area contributed by atoms with E-state index in [2.05, 4.69) is 10.1 Å². The summed E-state index contributed by atoms with van der Waals surface area (Å²) < 4.78 is 45.3. The number of furan rings is 1. The van der Waals surface area contributed by atoms with Crippen LogP contribution in [0.25, 0.3) is 0 Å². The van der Waals surface area contributed by atoms with Crippen molar-refractivity contribution in [2.24, 2.45) is 0 Å². The van der Waals surface area contributed by atoms with Crippen LogP contribution in [0.3, 0.4) is 0 Å². The highest BCUT2D eigenvalue weighted by molar-refractivity contribution is 5.95. The van der Waals surface area contributed by atoms with Gasteiger partial charge in [0.05, 0.1) is 12.2 Å². The van der Waals surface area contributed by atoms with Gasteiger partial charge in [0.1, 0.15) is 12.9 Å². The van der Waals surface area contributed by atoms with Crippen molar-refractivity contribution in [2.45, 2.75) is 19.3 Å². The minimum atomic E-state index is -4.36. The molecule has 0 fully saturated rings. The summed E-state index contributed by atoms with van der Waals surface area (Å²) in [5, 5.41) is 11.3. The molecule has 0 unspecified atom stereocenters. The van der Waals surface area contributed by atoms with Crippen LogP contribution in [-0.2, 0) is 17.9 Å². The van der Waals surface area contributed by atoms with E-state index in [1.807, 2.05) is 0 Å². The average Bonchev–Trinajstić information content (AvgIpc) is 3.03. The summed E-state index contributed by atoms with van der Waals surface area (Å²) in [5.41, 5.74) is 1.14. The molecule has 2 rings (SSSR count). The van der Waals surface area contributed by atoms with Crippen molar-refractivity contribution >= 4 is 11.9 Å². The molecule has 0 bridgehead atoms. The monoisotopic (exact) mass is 357 g/mol. The Balaban J connectivity index is 1.82. The molecule has 0 atom stereocenters. The molecule has 1 aromatic heterocycles. The third-order valence-corrected chi connectivity index (χ3v) is 3.08. The summed E-state index contributed by atoms with van der Waals surface area (Å²) in [6.45, 7) is -1.34. The van der Waals surface area contributed by atoms with Crippen LogP contribution in [0.5, 0.6) is 0 Å². The van der Waals surface area contributed by atoms with Crippen LogP contribution in [0, 0.1) is 0 Å². The smallest absolute Gasteiger partial charge is 0.411 e. The predicted molar refractivity (Wildman–Crippen MR) is 79.0 cm³/mol. The molecule has 134 valence electrons. The molecule has 2 aromatic rings. The van der Waals surface area contributed by atoms with E-state index in [-0.39, 0.29) is 24.5 Å². The fourth-order valence-corrected chi connectivity index (χ4v) is 1.87. The number of hydrogen-bond donors (Lipinski definition) is 2. The molecule has 0 saturated carbocycles. The molecular formula is C16H14F3NO5. The Bertz CT molecular complexity index is 737. The van der Waals surface area contributed by atoms with Gasteiger partial charge in [-0.15, -0.1) is 0 Å². The van der Waals surface area contributed by atoms with Gasteiger partial charge in [-0.3, -0.25) is 4.79 Å². The number of carbonyl (C=O) groups excluding carboxylic acids is 1. The number of aromatic carboxylic acids is 1. The van der Waals surface area contributed by atoms with Gasteiger partial charge in [0.2, 0.25) is 0 Å². The highest BCUT2D eigenvalue weighted by Gasteiger charge is 2.27. The second-order valence-electron chi connectivity index (χ2n) is 5.11. The number of alkyl halides is 3. The first kappa shape index (κ1) is 18.5. The van der Waals surface area contributed by atoms with Gasteiger partial charge in [0.25, 0.3) is 5.91 Å². The quantitative estimate of drug-likeness (QED) is 0.795. The largest absolute Gasteiger partial charge is 0.478 e. The summed E-state index contributed by atoms with van der Waals surface area (Å²) >= 11 is 0. The standard InChI is InChI=1S/C16H14F3NO5/c17-16(18,19)9-24-7-11-3-1-10(2-4-11)6-20-14(21)13-5-12(8-25-13)15(22)23/h1-5,8H,6-7,9H2,(H,20,21)(H,22,23). The lowest BCUT2D eigenvalue weighted by Gasteiger charge is -2.08. The highest BCUT2D eigenvalue weighted by atomic mass is 19.4. The Kier molecular flexibility index (Phi) is 5.81. The molecule has 0 radical (unpaired) electrons. The summed E-state index contributed by atoms with van der Waals surface area (Å²) in [6, 6.07) is 7.56. The molecule has 1 amide bonds. The van der Waals surface area contributed by atoms with E-state index in [0.717, 1.165) is 12.3 Å². The Hall–Kier alpha value is -2.81. The van der Waals surface area contributed by atoms with Gasteiger partial charge in [-0.25, -0.2) is 4.79 Å². The van der Waals surface area contributed by atoms with Crippen LogP contribution in [0.2, 0.25) is 0 Å². The topological polar surface area (TPSA) is 88.8 Å². The van der Waals surface area contributed by atoms with Crippen molar-refractivity contribution in [2.75, 3.05) is 6.61 Å². The molecular weight excluding hydrogens is 343 g/mol. The van der Waals surface area contributed by atoms with Gasteiger partial charge >= 0.3 is 12.1 Å². The second kappa shape index (κ2) is 7.84. The fourth-order valence-electron chi connectivity index (χ4n) is 1.87. The number of carboxylic acids is 1. The molecule has 25 heavy (non-hydrogen) atoms. The number of ether oxygens (including phenoxy) is 1. The zero-order chi connectivity index (χ0) is 18.4. The number of carboxylic acid groups (broad SMARTS) is 1. The number of nitrogens with one attached hydrogen (secondary N) is 1. The molecule has 0 saturated heterocycles. The van der Waals surface area contributed by atoms with Crippen LogP contribution in [-0.4, -0.2) is 29.8 Å². The fraction of sp³-hybridized carbons (Fsp3) is 0.250. The Labute approximate surface area is 140 Å². The van der Waals surface area contributed by atoms with Crippen molar-refractivity contribution in [1.82, 2.24) is 5.32 Å². The maximum absolute atomic E-state index is 12.0. The molecule has 1 aromatic carbocycles. The average molecular weight is 357 g/mol. The van der Waals surface area contributed by atoms with Crippen LogP contribution >= 0.6 is 0 Å². The zero-order valence-corrected chi connectivity index (χ0v) is 12.8. The van der Waals surface area contributed by atoms with Crippen LogP contribution in [0.1, 0.15) is 32.0 Å². The van der Waals surface area contributed by atoms with Gasteiger partial charge in [0, 0.05) is 12.6 Å². The number of hydrogen-bond acceptors (Lipinski definition) is 4. The van der Waals surface area contributed by atoms with Crippen LogP contribution in [0.4, 0.5) is 13.2 Å². The number of benzene rings is 1. The molecule has 2 N–H and O–H groups in total. The lowest BCUT2D eigenvalue weighted by Crippen LogP contribution is -2.22. The Morgan fingerprint density at radius 3 is 2.36 bits per heavy atom. The lowest BCUT2D eigenvalue weighted by molar-refractivity contribution is -0.176. The first-order valence-corrected chi connectivity index (χ1v) is 7.07. The lowest BCUT2D eigenvalue weighted by atomic mass is 10.1. The van der Waals surface area contributed by atoms with Crippen molar-refractivity contribution in [3.05, 3.63) is 59.0 Å². The number of carbonyl (C=O) groups is 2. The second-order valence-corrected chi connectivity index (χ2v) is 5.11. The van der Waals surface area contributed by atoms with E-state index in [4.69, 9.17) is 9.52 Å². The van der Waals surface area contributed by atoms with Gasteiger partial charge in [0.15, 0.2) is 5.76 Å². The van der Waals surface area contributed by atoms with E-state index in [1.165, 1.54) is 0 Å². The molecule has 1 heterocycles.